The van der Waals surface area contributed by atoms with Crippen LogP contribution < -0.4 is 0 Å². The molecule has 0 heterocycles. The van der Waals surface area contributed by atoms with Crippen molar-refractivity contribution in [3.05, 3.63) is 17.2 Å². The van der Waals surface area contributed by atoms with E-state index in [0.717, 1.165) is 0 Å². The summed E-state index contributed by atoms with van der Waals surface area (Å²) in [5.74, 6) is 0. The maximum atomic E-state index is 10.2. The smallest absolute Gasteiger partial charge is 0.0502 e. The van der Waals surface area contributed by atoms with Gasteiger partial charge in [0, 0.05) is 11.7 Å². The van der Waals surface area contributed by atoms with Crippen molar-refractivity contribution in [1.82, 2.24) is 0 Å². The van der Waals surface area contributed by atoms with E-state index in [2.05, 4.69) is 5.73 Å². The van der Waals surface area contributed by atoms with Crippen LogP contribution >= 0.6 is 0 Å². The summed E-state index contributed by atoms with van der Waals surface area (Å²) < 4.78 is 10.2. The number of allylic oxidation sites excluding steroid dienone is 1. The van der Waals surface area contributed by atoms with Crippen LogP contribution in [0.3, 0.4) is 0 Å². The first-order valence-electron chi connectivity index (χ1n) is 1.97. The van der Waals surface area contributed by atoms with Gasteiger partial charge in [-0.1, -0.05) is 0 Å². The Labute approximate surface area is 46.2 Å². The summed E-state index contributed by atoms with van der Waals surface area (Å²) in [6.07, 6.45) is 3.33. The van der Waals surface area contributed by atoms with Gasteiger partial charge in [-0.25, -0.2) is 0 Å². The van der Waals surface area contributed by atoms with Crippen LogP contribution in [-0.2, 0) is 10.8 Å². The molecule has 1 nitrogen and oxygen atoms in total. The van der Waals surface area contributed by atoms with E-state index in [9.17, 15) is 4.21 Å². The first-order chi connectivity index (χ1) is 3.27. The normalized spacial score (nSPS) is 11.7. The van der Waals surface area contributed by atoms with Crippen LogP contribution in [0.25, 0.3) is 0 Å². The molecular formula is C5H8OS. The summed E-state index contributed by atoms with van der Waals surface area (Å²) in [5, 5.41) is 1.51. The molecule has 0 aromatic carbocycles. The molecule has 2 heteroatoms. The van der Waals surface area contributed by atoms with Gasteiger partial charge >= 0.3 is 0 Å². The summed E-state index contributed by atoms with van der Waals surface area (Å²) in [6.45, 7) is 1.84. The standard InChI is InChI=1S/C5H8OS/c1-3-4-5-7(2)6/h3,5H,1-2H3. The lowest BCUT2D eigenvalue weighted by Gasteiger charge is -1.68. The molecule has 0 saturated carbocycles. The molecule has 0 aliphatic heterocycles. The molecule has 0 spiro atoms. The molecule has 40 valence electrons. The minimum Gasteiger partial charge on any atom is -0.255 e. The van der Waals surface area contributed by atoms with E-state index in [0.29, 0.717) is 0 Å². The zero-order valence-corrected chi connectivity index (χ0v) is 5.29. The van der Waals surface area contributed by atoms with Crippen LogP contribution in [-0.4, -0.2) is 10.5 Å². The van der Waals surface area contributed by atoms with Crippen LogP contribution in [0.4, 0.5) is 0 Å². The molecule has 0 aromatic rings. The van der Waals surface area contributed by atoms with E-state index >= 15 is 0 Å². The van der Waals surface area contributed by atoms with Gasteiger partial charge in [0.1, 0.15) is 0 Å². The van der Waals surface area contributed by atoms with Crippen LogP contribution in [0, 0.1) is 0 Å². The van der Waals surface area contributed by atoms with E-state index in [1.807, 2.05) is 6.92 Å². The Morgan fingerprint density at radius 3 is 2.43 bits per heavy atom. The van der Waals surface area contributed by atoms with E-state index in [1.165, 1.54) is 5.41 Å². The third-order valence-electron chi connectivity index (χ3n) is 0.401. The largest absolute Gasteiger partial charge is 0.255 e. The van der Waals surface area contributed by atoms with Crippen LogP contribution in [0.5, 0.6) is 0 Å². The lowest BCUT2D eigenvalue weighted by molar-refractivity contribution is 0.692. The Morgan fingerprint density at radius 2 is 2.29 bits per heavy atom. The van der Waals surface area contributed by atoms with Crippen LogP contribution in [0.2, 0.25) is 0 Å². The predicted molar refractivity (Wildman–Crippen MR) is 32.4 cm³/mol. The Morgan fingerprint density at radius 1 is 1.71 bits per heavy atom. The summed E-state index contributed by atoms with van der Waals surface area (Å²) in [4.78, 5) is 0. The van der Waals surface area contributed by atoms with E-state index in [4.69, 9.17) is 0 Å². The average Bonchev–Trinajstić information content (AvgIpc) is 1.61. The average molecular weight is 116 g/mol. The van der Waals surface area contributed by atoms with Crippen molar-refractivity contribution in [2.75, 3.05) is 6.26 Å². The fraction of sp³-hybridized carbons (Fsp3) is 0.400. The first kappa shape index (κ1) is 6.67. The molecule has 1 atom stereocenters. The molecule has 0 rings (SSSR count). The van der Waals surface area contributed by atoms with Gasteiger partial charge in [-0.3, -0.25) is 4.21 Å². The molecule has 7 heavy (non-hydrogen) atoms. The molecule has 0 aliphatic carbocycles. The fourth-order valence-corrected chi connectivity index (χ4v) is 0.492. The highest BCUT2D eigenvalue weighted by Crippen LogP contribution is 1.71. The molecule has 0 radical (unpaired) electrons. The number of hydrogen-bond acceptors (Lipinski definition) is 1. The van der Waals surface area contributed by atoms with Gasteiger partial charge < -0.3 is 0 Å². The number of hydrogen-bond donors (Lipinski definition) is 0. The second-order valence-electron chi connectivity index (χ2n) is 1.07. The summed E-state index contributed by atoms with van der Waals surface area (Å²) in [5.41, 5.74) is 2.70. The molecule has 1 unspecified atom stereocenters. The Balaban J connectivity index is 3.70. The zero-order valence-electron chi connectivity index (χ0n) is 4.47. The van der Waals surface area contributed by atoms with Gasteiger partial charge in [-0.2, -0.15) is 0 Å². The Hall–Kier alpha value is -0.330. The highest BCUT2D eigenvalue weighted by atomic mass is 32.2. The van der Waals surface area contributed by atoms with E-state index in [1.54, 1.807) is 12.3 Å². The summed E-state index contributed by atoms with van der Waals surface area (Å²) >= 11 is 0. The summed E-state index contributed by atoms with van der Waals surface area (Å²) in [7, 11) is -0.833. The van der Waals surface area contributed by atoms with Crippen molar-refractivity contribution in [2.24, 2.45) is 0 Å². The second-order valence-corrected chi connectivity index (χ2v) is 2.30. The maximum absolute atomic E-state index is 10.2. The van der Waals surface area contributed by atoms with Crippen molar-refractivity contribution >= 4 is 10.8 Å². The van der Waals surface area contributed by atoms with Gasteiger partial charge in [0.15, 0.2) is 0 Å². The van der Waals surface area contributed by atoms with Gasteiger partial charge in [-0.05, 0) is 13.0 Å². The fourth-order valence-electron chi connectivity index (χ4n) is 0.164. The minimum atomic E-state index is -0.833. The van der Waals surface area contributed by atoms with Crippen LogP contribution in [0.1, 0.15) is 6.92 Å². The van der Waals surface area contributed by atoms with Crippen molar-refractivity contribution in [3.8, 4) is 0 Å². The van der Waals surface area contributed by atoms with Gasteiger partial charge in [0.05, 0.1) is 10.8 Å². The lowest BCUT2D eigenvalue weighted by Crippen LogP contribution is -1.70. The van der Waals surface area contributed by atoms with E-state index in [-0.39, 0.29) is 0 Å². The van der Waals surface area contributed by atoms with E-state index < -0.39 is 10.8 Å². The summed E-state index contributed by atoms with van der Waals surface area (Å²) in [6, 6.07) is 0. The highest BCUT2D eigenvalue weighted by Gasteiger charge is 1.69. The Kier molecular flexibility index (Phi) is 3.67. The van der Waals surface area contributed by atoms with Crippen molar-refractivity contribution in [2.45, 2.75) is 6.92 Å². The van der Waals surface area contributed by atoms with Gasteiger partial charge in [-0.15, -0.1) is 5.73 Å². The molecule has 0 aromatic heterocycles. The molecule has 0 amide bonds. The molecule has 0 fully saturated rings. The predicted octanol–water partition coefficient (Wildman–Crippen LogP) is 1.05. The number of rotatable bonds is 1. The Bertz CT molecular complexity index is 120. The molecule has 0 saturated heterocycles. The molecule has 0 aliphatic rings. The monoisotopic (exact) mass is 116 g/mol. The van der Waals surface area contributed by atoms with Crippen molar-refractivity contribution < 1.29 is 4.21 Å². The highest BCUT2D eigenvalue weighted by molar-refractivity contribution is 7.87. The maximum Gasteiger partial charge on any atom is 0.0502 e. The van der Waals surface area contributed by atoms with Gasteiger partial charge in [0.25, 0.3) is 0 Å². The van der Waals surface area contributed by atoms with Gasteiger partial charge in [0.2, 0.25) is 0 Å². The van der Waals surface area contributed by atoms with Crippen LogP contribution in [0.15, 0.2) is 17.2 Å². The quantitative estimate of drug-likeness (QED) is 0.468. The topological polar surface area (TPSA) is 17.1 Å². The third kappa shape index (κ3) is 5.67. The molecule has 0 bridgehead atoms. The third-order valence-corrected chi connectivity index (χ3v) is 0.869. The van der Waals surface area contributed by atoms with Crippen molar-refractivity contribution in [1.29, 1.82) is 0 Å². The van der Waals surface area contributed by atoms with Crippen molar-refractivity contribution in [3.63, 3.8) is 0 Å². The SMILES string of the molecule is CC=C=CS(C)=O. The lowest BCUT2D eigenvalue weighted by atomic mass is 10.7. The first-order valence-corrected chi connectivity index (χ1v) is 3.59. The second kappa shape index (κ2) is 3.85. The molecule has 0 N–H and O–H groups in total. The zero-order chi connectivity index (χ0) is 5.70. The molecular weight excluding hydrogens is 108 g/mol. The minimum absolute atomic E-state index is 0.833.